The van der Waals surface area contributed by atoms with Gasteiger partial charge in [-0.2, -0.15) is 0 Å². The zero-order valence-corrected chi connectivity index (χ0v) is 74.3. The minimum atomic E-state index is -0.619. The summed E-state index contributed by atoms with van der Waals surface area (Å²) in [7, 11) is 0. The van der Waals surface area contributed by atoms with Crippen molar-refractivity contribution in [2.45, 2.75) is 10.8 Å². The van der Waals surface area contributed by atoms with E-state index in [2.05, 4.69) is 529 Å². The Morgan fingerprint density at radius 1 is 0.140 bits per heavy atom. The van der Waals surface area contributed by atoms with Crippen molar-refractivity contribution in [2.75, 3.05) is 9.80 Å². The Hall–Kier alpha value is -17.7. The van der Waals surface area contributed by atoms with Gasteiger partial charge >= 0.3 is 0 Å². The normalized spacial score (nSPS) is 13.0. The van der Waals surface area contributed by atoms with Crippen LogP contribution in [0.3, 0.4) is 0 Å². The van der Waals surface area contributed by atoms with Crippen LogP contribution in [0.25, 0.3) is 177 Å². The Morgan fingerprint density at radius 2 is 0.441 bits per heavy atom. The van der Waals surface area contributed by atoms with Gasteiger partial charge in [-0.25, -0.2) is 0 Å². The fourth-order valence-corrected chi connectivity index (χ4v) is 23.9. The molecule has 2 aromatic heterocycles. The molecule has 632 valence electrons. The van der Waals surface area contributed by atoms with Crippen molar-refractivity contribution < 1.29 is 0 Å². The lowest BCUT2D eigenvalue weighted by molar-refractivity contribution is 0.793. The topological polar surface area (TPSA) is 16.3 Å². The lowest BCUT2D eigenvalue weighted by atomic mass is 9.70. The molecular weight excluding hydrogens is 1640 g/mol. The number of aromatic nitrogens is 2. The van der Waals surface area contributed by atoms with E-state index in [9.17, 15) is 0 Å². The van der Waals surface area contributed by atoms with Gasteiger partial charge in [-0.3, -0.25) is 0 Å². The molecule has 2 heterocycles. The molecule has 0 radical (unpaired) electrons. The maximum atomic E-state index is 2.53. The van der Waals surface area contributed by atoms with Crippen LogP contribution in [0, 0.1) is 0 Å². The molecule has 0 fully saturated rings. The maximum Gasteiger partial charge on any atom is 0.0726 e. The first-order valence-electron chi connectivity index (χ1n) is 47.2. The van der Waals surface area contributed by atoms with Crippen molar-refractivity contribution in [3.05, 3.63) is 554 Å². The summed E-state index contributed by atoms with van der Waals surface area (Å²) >= 11 is 0. The Kier molecular flexibility index (Phi) is 17.3. The Bertz CT molecular complexity index is 8920. The van der Waals surface area contributed by atoms with E-state index in [-0.39, 0.29) is 0 Å². The standard InChI is InChI=1S/C132H84N4/c1-4-26-85(27-5-1)87-50-61-101(62-51-87)133(105-68-71-112-111-42-16-22-48-123(111)131(125(112)83-105)119-44-18-12-38-107(119)108-39-13-19-45-120(108)131)102-63-52-88(53-64-102)90-30-25-33-93(77-90)97-60-75-129-118(81-97)115-70-57-98(82-130(115)136(129)100-36-8-3-9-37-100)95-58-73-124-116(79-95)113-72-69-106(84-126(113)132(124)121-46-20-14-40-109(121)110-41-15-21-47-122(110)132)134(104-67-56-86-28-10-11-29-94(86)78-104)103-65-54-89(55-66-103)91-31-24-32-92(76-91)96-59-74-128-117(80-96)114-43-17-23-49-127(114)135(128)99-34-6-2-7-35-99/h1-84H. The van der Waals surface area contributed by atoms with Crippen LogP contribution in [0.4, 0.5) is 34.1 Å². The van der Waals surface area contributed by atoms with Gasteiger partial charge in [0.15, 0.2) is 0 Å². The molecule has 0 N–H and O–H groups in total. The van der Waals surface area contributed by atoms with Crippen molar-refractivity contribution in [1.82, 2.24) is 9.13 Å². The number of fused-ring (bicyclic) bond motifs is 27. The minimum absolute atomic E-state index is 0.481. The molecule has 0 aliphatic heterocycles. The smallest absolute Gasteiger partial charge is 0.0726 e. The Morgan fingerprint density at radius 3 is 0.941 bits per heavy atom. The first kappa shape index (κ1) is 77.1. The van der Waals surface area contributed by atoms with Gasteiger partial charge in [0.1, 0.15) is 0 Å². The number of nitrogens with zero attached hydrogens (tertiary/aromatic N) is 4. The van der Waals surface area contributed by atoms with E-state index in [1.54, 1.807) is 0 Å². The molecular formula is C132H84N4. The van der Waals surface area contributed by atoms with Crippen molar-refractivity contribution in [2.24, 2.45) is 0 Å². The van der Waals surface area contributed by atoms with E-state index in [4.69, 9.17) is 0 Å². The highest BCUT2D eigenvalue weighted by atomic mass is 15.1. The van der Waals surface area contributed by atoms with Gasteiger partial charge < -0.3 is 18.9 Å². The number of rotatable bonds is 14. The fraction of sp³-hybridized carbons (Fsp3) is 0.0152. The molecule has 0 amide bonds. The van der Waals surface area contributed by atoms with Gasteiger partial charge in [0.05, 0.1) is 32.9 Å². The average Bonchev–Trinajstić information content (AvgIpc) is 1.51. The maximum absolute atomic E-state index is 2.53. The molecule has 4 nitrogen and oxygen atoms in total. The molecule has 2 spiro atoms. The zero-order valence-electron chi connectivity index (χ0n) is 74.3. The highest BCUT2D eigenvalue weighted by Crippen LogP contribution is 2.66. The van der Waals surface area contributed by atoms with Gasteiger partial charge in [0.25, 0.3) is 0 Å². The lowest BCUT2D eigenvalue weighted by Gasteiger charge is -2.32. The fourth-order valence-electron chi connectivity index (χ4n) is 23.9. The zero-order chi connectivity index (χ0) is 89.3. The summed E-state index contributed by atoms with van der Waals surface area (Å²) in [6, 6.07) is 191. The van der Waals surface area contributed by atoms with E-state index < -0.39 is 10.8 Å². The molecule has 4 aliphatic carbocycles. The van der Waals surface area contributed by atoms with Crippen LogP contribution in [0.2, 0.25) is 0 Å². The lowest BCUT2D eigenvalue weighted by Crippen LogP contribution is -2.26. The Labute approximate surface area is 789 Å². The highest BCUT2D eigenvalue weighted by molar-refractivity contribution is 6.13. The summed E-state index contributed by atoms with van der Waals surface area (Å²) in [5, 5.41) is 7.26. The molecule has 0 bridgehead atoms. The second kappa shape index (κ2) is 30.4. The predicted molar refractivity (Wildman–Crippen MR) is 567 cm³/mol. The number of hydrogen-bond donors (Lipinski definition) is 0. The number of hydrogen-bond acceptors (Lipinski definition) is 2. The van der Waals surface area contributed by atoms with Crippen molar-refractivity contribution in [1.29, 1.82) is 0 Å². The molecule has 0 atom stereocenters. The largest absolute Gasteiger partial charge is 0.310 e. The molecule has 0 saturated carbocycles. The second-order valence-corrected chi connectivity index (χ2v) is 36.9. The molecule has 28 rings (SSSR count). The van der Waals surface area contributed by atoms with Gasteiger partial charge in [0, 0.05) is 67.0 Å². The van der Waals surface area contributed by atoms with E-state index in [0.29, 0.717) is 0 Å². The van der Waals surface area contributed by atoms with Crippen LogP contribution in [-0.4, -0.2) is 9.13 Å². The quantitative estimate of drug-likeness (QED) is 0.108. The van der Waals surface area contributed by atoms with Crippen molar-refractivity contribution >= 4 is 88.5 Å². The average molecular weight is 1730 g/mol. The van der Waals surface area contributed by atoms with Crippen molar-refractivity contribution in [3.8, 4) is 123 Å². The molecule has 4 heteroatoms. The summed E-state index contributed by atoms with van der Waals surface area (Å²) in [5.74, 6) is 0. The first-order chi connectivity index (χ1) is 67.4. The molecule has 4 aliphatic rings. The van der Waals surface area contributed by atoms with E-state index in [0.717, 1.165) is 101 Å². The van der Waals surface area contributed by atoms with E-state index >= 15 is 0 Å². The summed E-state index contributed by atoms with van der Waals surface area (Å²) < 4.78 is 4.85. The second-order valence-electron chi connectivity index (χ2n) is 36.9. The van der Waals surface area contributed by atoms with Gasteiger partial charge in [-0.05, 0) is 318 Å². The van der Waals surface area contributed by atoms with E-state index in [1.807, 2.05) is 0 Å². The number of benzene rings is 22. The summed E-state index contributed by atoms with van der Waals surface area (Å²) in [6.07, 6.45) is 0. The van der Waals surface area contributed by atoms with E-state index in [1.165, 1.54) is 155 Å². The first-order valence-corrected chi connectivity index (χ1v) is 47.2. The highest BCUT2D eigenvalue weighted by Gasteiger charge is 2.54. The van der Waals surface area contributed by atoms with Crippen LogP contribution >= 0.6 is 0 Å². The summed E-state index contributed by atoms with van der Waals surface area (Å²) in [4.78, 5) is 4.92. The van der Waals surface area contributed by atoms with Crippen LogP contribution < -0.4 is 9.80 Å². The van der Waals surface area contributed by atoms with Crippen LogP contribution in [-0.2, 0) is 10.8 Å². The molecule has 0 unspecified atom stereocenters. The Balaban J connectivity index is 0.528. The minimum Gasteiger partial charge on any atom is -0.310 e. The molecule has 136 heavy (non-hydrogen) atoms. The number of anilines is 6. The van der Waals surface area contributed by atoms with Crippen molar-refractivity contribution in [3.63, 3.8) is 0 Å². The molecule has 0 saturated heterocycles. The van der Waals surface area contributed by atoms with Gasteiger partial charge in [-0.1, -0.05) is 358 Å². The third kappa shape index (κ3) is 11.6. The third-order valence-electron chi connectivity index (χ3n) is 29.9. The number of para-hydroxylation sites is 3. The third-order valence-corrected chi connectivity index (χ3v) is 29.9. The van der Waals surface area contributed by atoms with Crippen LogP contribution in [0.5, 0.6) is 0 Å². The van der Waals surface area contributed by atoms with Crippen LogP contribution in [0.1, 0.15) is 44.5 Å². The summed E-state index contributed by atoms with van der Waals surface area (Å²) in [5.41, 5.74) is 47.0. The monoisotopic (exact) mass is 1720 g/mol. The SMILES string of the molecule is c1ccc(-c2ccc(N(c3ccc(-c4cccc(-c5ccc6c(c5)c5ccc(-c7ccc8c(c7)-c7ccc(N(c9ccc(-c%10cccc(-c%11ccc%12c(c%11)c%11ccccc%11n%12-c%11ccccc%11)c%10)cc9)c9ccc%10ccccc%10c9)cc7C87c8ccccc8-c8ccccc87)cc5n6-c5ccccc5)c4)cc3)c3ccc4c(c3)C3(c5ccccc5-c5ccccc53)c3ccccc3-4)cc2)cc1. The van der Waals surface area contributed by atoms with Gasteiger partial charge in [-0.15, -0.1) is 0 Å². The molecule has 24 aromatic rings. The molecule has 22 aromatic carbocycles. The van der Waals surface area contributed by atoms with Gasteiger partial charge in [0.2, 0.25) is 0 Å². The van der Waals surface area contributed by atoms with Crippen LogP contribution in [0.15, 0.2) is 510 Å². The predicted octanol–water partition coefficient (Wildman–Crippen LogP) is 34.7. The summed E-state index contributed by atoms with van der Waals surface area (Å²) in [6.45, 7) is 0.